The van der Waals surface area contributed by atoms with Crippen LogP contribution in [0.25, 0.3) is 0 Å². The van der Waals surface area contributed by atoms with E-state index >= 15 is 0 Å². The quantitative estimate of drug-likeness (QED) is 0.498. The van der Waals surface area contributed by atoms with Gasteiger partial charge in [-0.15, -0.1) is 0 Å². The topological polar surface area (TPSA) is 84.9 Å². The van der Waals surface area contributed by atoms with Gasteiger partial charge in [0.05, 0.1) is 18.8 Å². The molecule has 0 aliphatic carbocycles. The summed E-state index contributed by atoms with van der Waals surface area (Å²) in [6.07, 6.45) is -0.936. The summed E-state index contributed by atoms with van der Waals surface area (Å²) >= 11 is 0. The summed E-state index contributed by atoms with van der Waals surface area (Å²) in [6, 6.07) is -0.229. The highest BCUT2D eigenvalue weighted by molar-refractivity contribution is 7.81. The highest BCUT2D eigenvalue weighted by Gasteiger charge is 2.41. The standard InChI is InChI=1S/C6H11NO5S/c8-5-1-2-7-4-3-11-13(9,10)12-6(4)5/h4-8H,1-3H2/t4-,5-,6-/m1/s1. The molecule has 0 amide bonds. The average Bonchev–Trinajstić information content (AvgIpc) is 2.06. The molecular formula is C6H11NO5S. The lowest BCUT2D eigenvalue weighted by atomic mass is 9.99. The molecule has 0 aromatic carbocycles. The van der Waals surface area contributed by atoms with Gasteiger partial charge in [-0.1, -0.05) is 0 Å². The number of piperidine rings is 1. The zero-order valence-electron chi connectivity index (χ0n) is 6.84. The van der Waals surface area contributed by atoms with Crippen LogP contribution in [0.2, 0.25) is 0 Å². The van der Waals surface area contributed by atoms with Crippen molar-refractivity contribution in [3.05, 3.63) is 0 Å². The van der Waals surface area contributed by atoms with Crippen molar-refractivity contribution in [1.29, 1.82) is 0 Å². The van der Waals surface area contributed by atoms with Crippen molar-refractivity contribution in [2.24, 2.45) is 0 Å². The molecule has 2 aliphatic heterocycles. The Bertz CT molecular complexity index is 289. The number of fused-ring (bicyclic) bond motifs is 1. The molecule has 2 heterocycles. The van der Waals surface area contributed by atoms with E-state index in [4.69, 9.17) is 0 Å². The lowest BCUT2D eigenvalue weighted by Gasteiger charge is -2.37. The lowest BCUT2D eigenvalue weighted by Crippen LogP contribution is -2.59. The van der Waals surface area contributed by atoms with Crippen LogP contribution in [-0.4, -0.2) is 44.9 Å². The van der Waals surface area contributed by atoms with E-state index in [0.717, 1.165) is 0 Å². The second-order valence-electron chi connectivity index (χ2n) is 3.17. The zero-order valence-corrected chi connectivity index (χ0v) is 7.66. The van der Waals surface area contributed by atoms with E-state index < -0.39 is 22.6 Å². The van der Waals surface area contributed by atoms with Crippen molar-refractivity contribution in [2.45, 2.75) is 24.7 Å². The van der Waals surface area contributed by atoms with E-state index in [1.165, 1.54) is 0 Å². The molecule has 0 radical (unpaired) electrons. The molecule has 0 bridgehead atoms. The van der Waals surface area contributed by atoms with Crippen LogP contribution in [0.4, 0.5) is 0 Å². The molecule has 3 atom stereocenters. The van der Waals surface area contributed by atoms with Gasteiger partial charge in [-0.3, -0.25) is 0 Å². The number of aliphatic hydroxyl groups excluding tert-OH is 1. The molecule has 76 valence electrons. The van der Waals surface area contributed by atoms with E-state index in [2.05, 4.69) is 13.7 Å². The molecule has 2 aliphatic rings. The van der Waals surface area contributed by atoms with Crippen LogP contribution in [0.5, 0.6) is 0 Å². The summed E-state index contributed by atoms with van der Waals surface area (Å²) in [5, 5.41) is 12.5. The van der Waals surface area contributed by atoms with Crippen LogP contribution >= 0.6 is 0 Å². The maximum absolute atomic E-state index is 10.9. The minimum Gasteiger partial charge on any atom is -0.390 e. The zero-order chi connectivity index (χ0) is 9.47. The minimum atomic E-state index is -3.89. The SMILES string of the molecule is O=S1(=O)OC[C@H]2NCC[C@@H](O)[C@@H]2O1. The molecule has 0 spiro atoms. The number of rotatable bonds is 0. The van der Waals surface area contributed by atoms with Gasteiger partial charge in [0.2, 0.25) is 0 Å². The van der Waals surface area contributed by atoms with Crippen molar-refractivity contribution in [3.63, 3.8) is 0 Å². The third kappa shape index (κ3) is 1.84. The maximum Gasteiger partial charge on any atom is 0.400 e. The summed E-state index contributed by atoms with van der Waals surface area (Å²) < 4.78 is 30.8. The Hall–Kier alpha value is -0.210. The second kappa shape index (κ2) is 3.18. The van der Waals surface area contributed by atoms with Gasteiger partial charge < -0.3 is 10.4 Å². The molecule has 0 aromatic heterocycles. The molecule has 0 saturated carbocycles. The van der Waals surface area contributed by atoms with Crippen LogP contribution in [0.3, 0.4) is 0 Å². The Morgan fingerprint density at radius 1 is 1.46 bits per heavy atom. The van der Waals surface area contributed by atoms with Crippen molar-refractivity contribution < 1.29 is 21.9 Å². The van der Waals surface area contributed by atoms with Gasteiger partial charge in [-0.25, -0.2) is 8.37 Å². The van der Waals surface area contributed by atoms with E-state index in [-0.39, 0.29) is 12.6 Å². The number of hydrogen-bond acceptors (Lipinski definition) is 6. The van der Waals surface area contributed by atoms with E-state index in [1.807, 2.05) is 0 Å². The average molecular weight is 209 g/mol. The van der Waals surface area contributed by atoms with Crippen molar-refractivity contribution >= 4 is 10.4 Å². The van der Waals surface area contributed by atoms with Crippen LogP contribution in [0.1, 0.15) is 6.42 Å². The molecule has 7 heteroatoms. The highest BCUT2D eigenvalue weighted by atomic mass is 32.3. The summed E-state index contributed by atoms with van der Waals surface area (Å²) in [7, 11) is -3.89. The second-order valence-corrected chi connectivity index (χ2v) is 4.41. The van der Waals surface area contributed by atoms with Gasteiger partial charge in [0, 0.05) is 0 Å². The molecule has 2 rings (SSSR count). The van der Waals surface area contributed by atoms with Crippen LogP contribution in [0.15, 0.2) is 0 Å². The van der Waals surface area contributed by atoms with Gasteiger partial charge >= 0.3 is 10.4 Å². The molecule has 2 N–H and O–H groups in total. The number of aliphatic hydroxyl groups is 1. The van der Waals surface area contributed by atoms with Gasteiger partial charge in [-0.2, -0.15) is 8.42 Å². The first-order valence-electron chi connectivity index (χ1n) is 4.07. The Morgan fingerprint density at radius 2 is 2.23 bits per heavy atom. The Balaban J connectivity index is 2.14. The fraction of sp³-hybridized carbons (Fsp3) is 1.00. The van der Waals surface area contributed by atoms with E-state index in [0.29, 0.717) is 13.0 Å². The Morgan fingerprint density at radius 3 is 3.00 bits per heavy atom. The van der Waals surface area contributed by atoms with E-state index in [1.54, 1.807) is 0 Å². The fourth-order valence-corrected chi connectivity index (χ4v) is 2.47. The molecule has 2 fully saturated rings. The molecular weight excluding hydrogens is 198 g/mol. The highest BCUT2D eigenvalue weighted by Crippen LogP contribution is 2.21. The monoisotopic (exact) mass is 209 g/mol. The predicted octanol–water partition coefficient (Wildman–Crippen LogP) is -1.63. The first-order chi connectivity index (χ1) is 6.08. The smallest absolute Gasteiger partial charge is 0.390 e. The molecule has 0 aromatic rings. The fourth-order valence-electron chi connectivity index (χ4n) is 1.57. The molecule has 13 heavy (non-hydrogen) atoms. The van der Waals surface area contributed by atoms with Gasteiger partial charge in [0.25, 0.3) is 0 Å². The lowest BCUT2D eigenvalue weighted by molar-refractivity contribution is -0.0473. The maximum atomic E-state index is 10.9. The predicted molar refractivity (Wildman–Crippen MR) is 42.2 cm³/mol. The Labute approximate surface area is 76.2 Å². The normalized spacial score (nSPS) is 43.9. The molecule has 0 unspecified atom stereocenters. The largest absolute Gasteiger partial charge is 0.400 e. The summed E-state index contributed by atoms with van der Waals surface area (Å²) in [6.45, 7) is 0.680. The van der Waals surface area contributed by atoms with Gasteiger partial charge in [0.15, 0.2) is 0 Å². The van der Waals surface area contributed by atoms with E-state index in [9.17, 15) is 13.5 Å². The van der Waals surface area contributed by atoms with Gasteiger partial charge in [-0.05, 0) is 13.0 Å². The minimum absolute atomic E-state index is 0.0318. The van der Waals surface area contributed by atoms with Crippen molar-refractivity contribution in [2.75, 3.05) is 13.2 Å². The van der Waals surface area contributed by atoms with Crippen LogP contribution < -0.4 is 5.32 Å². The van der Waals surface area contributed by atoms with Crippen molar-refractivity contribution in [1.82, 2.24) is 5.32 Å². The third-order valence-corrected chi connectivity index (χ3v) is 3.13. The van der Waals surface area contributed by atoms with Crippen LogP contribution in [0, 0.1) is 0 Å². The number of nitrogens with one attached hydrogen (secondary N) is 1. The van der Waals surface area contributed by atoms with Crippen molar-refractivity contribution in [3.8, 4) is 0 Å². The van der Waals surface area contributed by atoms with Crippen LogP contribution in [-0.2, 0) is 18.8 Å². The molecule has 2 saturated heterocycles. The summed E-state index contributed by atoms with van der Waals surface area (Å²) in [5.74, 6) is 0. The first-order valence-corrected chi connectivity index (χ1v) is 5.41. The summed E-state index contributed by atoms with van der Waals surface area (Å²) in [5.41, 5.74) is 0. The molecule has 6 nitrogen and oxygen atoms in total. The van der Waals surface area contributed by atoms with Gasteiger partial charge in [0.1, 0.15) is 6.10 Å². The summed E-state index contributed by atoms with van der Waals surface area (Å²) in [4.78, 5) is 0. The third-order valence-electron chi connectivity index (χ3n) is 2.24. The Kier molecular flexibility index (Phi) is 2.28. The first kappa shape index (κ1) is 9.35. The number of hydrogen-bond donors (Lipinski definition) is 2.